The summed E-state index contributed by atoms with van der Waals surface area (Å²) < 4.78 is 0.965. The molecule has 0 radical (unpaired) electrons. The van der Waals surface area contributed by atoms with E-state index in [-0.39, 0.29) is 5.56 Å². The Labute approximate surface area is 192 Å². The summed E-state index contributed by atoms with van der Waals surface area (Å²) in [6.45, 7) is 0. The van der Waals surface area contributed by atoms with E-state index in [2.05, 4.69) is 20.9 Å². The van der Waals surface area contributed by atoms with Gasteiger partial charge in [-0.2, -0.15) is 0 Å². The minimum Gasteiger partial charge on any atom is -0.478 e. The minimum absolute atomic E-state index is 0.287. The fourth-order valence-corrected chi connectivity index (χ4v) is 4.76. The molecule has 0 spiro atoms. The first-order valence-electron chi connectivity index (χ1n) is 8.93. The summed E-state index contributed by atoms with van der Waals surface area (Å²) in [6, 6.07) is 14.5. The van der Waals surface area contributed by atoms with Gasteiger partial charge in [-0.3, -0.25) is 0 Å². The topological polar surface area (TPSA) is 50.2 Å². The molecule has 1 heterocycles. The maximum atomic E-state index is 11.0. The number of nitrogens with zero attached hydrogens (tertiary/aromatic N) is 1. The van der Waals surface area contributed by atoms with Crippen LogP contribution >= 0.6 is 50.7 Å². The van der Waals surface area contributed by atoms with Gasteiger partial charge in [0.25, 0.3) is 0 Å². The van der Waals surface area contributed by atoms with Crippen molar-refractivity contribution in [1.29, 1.82) is 0 Å². The van der Waals surface area contributed by atoms with E-state index in [1.807, 2.05) is 36.4 Å². The predicted molar refractivity (Wildman–Crippen MR) is 122 cm³/mol. The Morgan fingerprint density at radius 1 is 0.862 bits per heavy atom. The number of aryl methyl sites for hydroxylation is 3. The molecule has 0 atom stereocenters. The van der Waals surface area contributed by atoms with Crippen LogP contribution in [0.1, 0.15) is 32.6 Å². The standard InChI is InChI=1S/C22H17BrCl3NO2/c23-19-12-17(24)11-16(7-3-13-1-5-15(6-2-13)22(28)29)18(19)8-4-14-9-20(25)27-21(26)10-14/h1-2,5-6,9-12H,3-4,7-8H2,(H,28,29). The van der Waals surface area contributed by atoms with E-state index >= 15 is 0 Å². The Kier molecular flexibility index (Phi) is 7.58. The molecule has 29 heavy (non-hydrogen) atoms. The molecule has 0 saturated heterocycles. The van der Waals surface area contributed by atoms with E-state index in [1.54, 1.807) is 12.1 Å². The number of carboxylic acids is 1. The molecule has 0 saturated carbocycles. The zero-order valence-electron chi connectivity index (χ0n) is 15.3. The normalized spacial score (nSPS) is 10.9. The third kappa shape index (κ3) is 6.19. The number of aromatic carboxylic acids is 1. The van der Waals surface area contributed by atoms with E-state index < -0.39 is 5.97 Å². The summed E-state index contributed by atoms with van der Waals surface area (Å²) >= 11 is 21.9. The van der Waals surface area contributed by atoms with Gasteiger partial charge < -0.3 is 5.11 Å². The highest BCUT2D eigenvalue weighted by atomic mass is 79.9. The fraction of sp³-hybridized carbons (Fsp3) is 0.182. The van der Waals surface area contributed by atoms with Crippen molar-refractivity contribution < 1.29 is 9.90 Å². The first kappa shape index (κ1) is 22.1. The number of aromatic nitrogens is 1. The third-order valence-corrected chi connectivity index (χ3v) is 5.94. The molecule has 0 aliphatic rings. The molecule has 0 unspecified atom stereocenters. The van der Waals surface area contributed by atoms with Crippen LogP contribution in [0.25, 0.3) is 0 Å². The molecule has 1 N–H and O–H groups in total. The highest BCUT2D eigenvalue weighted by molar-refractivity contribution is 9.10. The lowest BCUT2D eigenvalue weighted by molar-refractivity contribution is 0.0697. The molecule has 0 bridgehead atoms. The van der Waals surface area contributed by atoms with E-state index in [4.69, 9.17) is 39.9 Å². The lowest BCUT2D eigenvalue weighted by Crippen LogP contribution is -2.02. The van der Waals surface area contributed by atoms with Crippen LogP contribution in [-0.4, -0.2) is 16.1 Å². The van der Waals surface area contributed by atoms with Gasteiger partial charge in [-0.1, -0.05) is 62.9 Å². The van der Waals surface area contributed by atoms with E-state index in [0.29, 0.717) is 15.3 Å². The van der Waals surface area contributed by atoms with Gasteiger partial charge in [-0.15, -0.1) is 0 Å². The van der Waals surface area contributed by atoms with Gasteiger partial charge in [0, 0.05) is 9.50 Å². The average molecular weight is 514 g/mol. The average Bonchev–Trinajstić information content (AvgIpc) is 2.65. The highest BCUT2D eigenvalue weighted by Gasteiger charge is 2.11. The van der Waals surface area contributed by atoms with Crippen LogP contribution in [0.15, 0.2) is 53.0 Å². The van der Waals surface area contributed by atoms with Gasteiger partial charge in [-0.25, -0.2) is 9.78 Å². The molecule has 150 valence electrons. The summed E-state index contributed by atoms with van der Waals surface area (Å²) in [5.41, 5.74) is 4.71. The molecule has 1 aromatic heterocycles. The summed E-state index contributed by atoms with van der Waals surface area (Å²) in [7, 11) is 0. The van der Waals surface area contributed by atoms with Crippen LogP contribution < -0.4 is 0 Å². The van der Waals surface area contributed by atoms with Crippen molar-refractivity contribution in [2.24, 2.45) is 0 Å². The zero-order valence-corrected chi connectivity index (χ0v) is 19.1. The monoisotopic (exact) mass is 511 g/mol. The SMILES string of the molecule is O=C(O)c1ccc(CCc2cc(Cl)cc(Br)c2CCc2cc(Cl)nc(Cl)c2)cc1. The van der Waals surface area contributed by atoms with E-state index in [1.165, 1.54) is 5.56 Å². The number of hydrogen-bond donors (Lipinski definition) is 1. The van der Waals surface area contributed by atoms with E-state index in [9.17, 15) is 4.79 Å². The van der Waals surface area contributed by atoms with Gasteiger partial charge in [0.15, 0.2) is 0 Å². The smallest absolute Gasteiger partial charge is 0.335 e. The molecule has 7 heteroatoms. The van der Waals surface area contributed by atoms with Crippen molar-refractivity contribution in [3.63, 3.8) is 0 Å². The number of carboxylic acid groups (broad SMARTS) is 1. The predicted octanol–water partition coefficient (Wildman–Crippen LogP) is 7.07. The van der Waals surface area contributed by atoms with Gasteiger partial charge >= 0.3 is 5.97 Å². The van der Waals surface area contributed by atoms with Crippen molar-refractivity contribution in [3.05, 3.63) is 96.1 Å². The molecule has 2 aromatic carbocycles. The Bertz CT molecular complexity index is 1020. The lowest BCUT2D eigenvalue weighted by atomic mass is 9.95. The Morgan fingerprint density at radius 3 is 2.10 bits per heavy atom. The second-order valence-corrected chi connectivity index (χ2v) is 8.71. The van der Waals surface area contributed by atoms with Gasteiger partial charge in [0.2, 0.25) is 0 Å². The van der Waals surface area contributed by atoms with Crippen LogP contribution in [0, 0.1) is 0 Å². The lowest BCUT2D eigenvalue weighted by Gasteiger charge is -2.13. The number of hydrogen-bond acceptors (Lipinski definition) is 2. The molecule has 0 aliphatic carbocycles. The Hall–Kier alpha value is -1.59. The van der Waals surface area contributed by atoms with Crippen molar-refractivity contribution in [1.82, 2.24) is 4.98 Å². The summed E-state index contributed by atoms with van der Waals surface area (Å²) in [4.78, 5) is 15.0. The third-order valence-electron chi connectivity index (χ3n) is 4.62. The highest BCUT2D eigenvalue weighted by Crippen LogP contribution is 2.29. The van der Waals surface area contributed by atoms with Gasteiger partial charge in [0.1, 0.15) is 10.3 Å². The van der Waals surface area contributed by atoms with Crippen molar-refractivity contribution in [2.75, 3.05) is 0 Å². The summed E-state index contributed by atoms with van der Waals surface area (Å²) in [6.07, 6.45) is 3.13. The van der Waals surface area contributed by atoms with E-state index in [0.717, 1.165) is 46.8 Å². The molecule has 3 nitrogen and oxygen atoms in total. The first-order valence-corrected chi connectivity index (χ1v) is 10.9. The minimum atomic E-state index is -0.922. The maximum absolute atomic E-state index is 11.0. The van der Waals surface area contributed by atoms with Crippen LogP contribution in [0.4, 0.5) is 0 Å². The molecule has 0 fully saturated rings. The largest absolute Gasteiger partial charge is 0.478 e. The quantitative estimate of drug-likeness (QED) is 0.344. The molecular formula is C22H17BrCl3NO2. The van der Waals surface area contributed by atoms with Gasteiger partial charge in [0.05, 0.1) is 5.56 Å². The van der Waals surface area contributed by atoms with Crippen molar-refractivity contribution in [2.45, 2.75) is 25.7 Å². The zero-order chi connectivity index (χ0) is 21.0. The number of benzene rings is 2. The Morgan fingerprint density at radius 2 is 1.48 bits per heavy atom. The maximum Gasteiger partial charge on any atom is 0.335 e. The Balaban J connectivity index is 1.76. The second-order valence-electron chi connectivity index (χ2n) is 6.65. The molecule has 0 aliphatic heterocycles. The molecule has 3 aromatic rings. The summed E-state index contributed by atoms with van der Waals surface area (Å²) in [5.74, 6) is -0.922. The number of halogens is 4. The first-order chi connectivity index (χ1) is 13.8. The van der Waals surface area contributed by atoms with Gasteiger partial charge in [-0.05, 0) is 84.3 Å². The fourth-order valence-electron chi connectivity index (χ4n) is 3.18. The number of carbonyl (C=O) groups is 1. The van der Waals surface area contributed by atoms with Crippen LogP contribution in [-0.2, 0) is 25.7 Å². The summed E-state index contributed by atoms with van der Waals surface area (Å²) in [5, 5.41) is 10.5. The molecule has 0 amide bonds. The number of pyridine rings is 1. The van der Waals surface area contributed by atoms with Crippen LogP contribution in [0.5, 0.6) is 0 Å². The van der Waals surface area contributed by atoms with Crippen molar-refractivity contribution in [3.8, 4) is 0 Å². The molecular weight excluding hydrogens is 497 g/mol. The molecule has 3 rings (SSSR count). The van der Waals surface area contributed by atoms with Crippen molar-refractivity contribution >= 4 is 56.7 Å². The number of rotatable bonds is 7. The van der Waals surface area contributed by atoms with Crippen LogP contribution in [0.2, 0.25) is 15.3 Å². The van der Waals surface area contributed by atoms with Crippen LogP contribution in [0.3, 0.4) is 0 Å². The second kappa shape index (κ2) is 9.94.